The Morgan fingerprint density at radius 3 is 2.14 bits per heavy atom. The highest BCUT2D eigenvalue weighted by Gasteiger charge is 2.26. The Labute approximate surface area is 122 Å². The Hall–Kier alpha value is -2.63. The summed E-state index contributed by atoms with van der Waals surface area (Å²) in [6.07, 6.45) is 0. The van der Waals surface area contributed by atoms with Crippen molar-refractivity contribution < 1.29 is 28.6 Å². The molecule has 0 amide bonds. The first-order valence-electron chi connectivity index (χ1n) is 6.39. The third-order valence-electron chi connectivity index (χ3n) is 2.40. The molecule has 0 N–H and O–H groups in total. The molecular formula is C15H16O6. The smallest absolute Gasteiger partial charge is 0.374 e. The van der Waals surface area contributed by atoms with Crippen molar-refractivity contribution >= 4 is 24.0 Å². The van der Waals surface area contributed by atoms with Gasteiger partial charge in [0.2, 0.25) is 5.76 Å². The van der Waals surface area contributed by atoms with Gasteiger partial charge in [0.05, 0.1) is 13.2 Å². The van der Waals surface area contributed by atoms with E-state index in [4.69, 9.17) is 9.47 Å². The largest absolute Gasteiger partial charge is 0.486 e. The Morgan fingerprint density at radius 2 is 1.62 bits per heavy atom. The standard InChI is InChI=1S/C15H16O6/c1-3-19-13(15(18)20-4-2)12(14(17)21-10-16)11-8-6-5-7-9-11/h5-10H,3-4H2,1-2H3. The number of esters is 2. The van der Waals surface area contributed by atoms with E-state index < -0.39 is 11.9 Å². The van der Waals surface area contributed by atoms with Crippen LogP contribution in [0.2, 0.25) is 0 Å². The van der Waals surface area contributed by atoms with Crippen LogP contribution < -0.4 is 0 Å². The van der Waals surface area contributed by atoms with Gasteiger partial charge in [0, 0.05) is 0 Å². The van der Waals surface area contributed by atoms with Gasteiger partial charge in [-0.25, -0.2) is 9.59 Å². The zero-order valence-electron chi connectivity index (χ0n) is 11.8. The molecule has 0 aromatic heterocycles. The first-order valence-corrected chi connectivity index (χ1v) is 6.39. The van der Waals surface area contributed by atoms with Crippen molar-refractivity contribution in [2.75, 3.05) is 13.2 Å². The van der Waals surface area contributed by atoms with Gasteiger partial charge in [-0.2, -0.15) is 0 Å². The van der Waals surface area contributed by atoms with Gasteiger partial charge >= 0.3 is 18.4 Å². The maximum atomic E-state index is 12.0. The highest BCUT2D eigenvalue weighted by atomic mass is 16.6. The number of hydrogen-bond donors (Lipinski definition) is 0. The SMILES string of the molecule is CCOC(=O)C(OCC)=C(C(=O)OC=O)c1ccccc1. The van der Waals surface area contributed by atoms with E-state index in [-0.39, 0.29) is 31.0 Å². The summed E-state index contributed by atoms with van der Waals surface area (Å²) in [6.45, 7) is 3.57. The summed E-state index contributed by atoms with van der Waals surface area (Å²) >= 11 is 0. The molecule has 0 spiro atoms. The van der Waals surface area contributed by atoms with Crippen LogP contribution >= 0.6 is 0 Å². The molecule has 0 aliphatic carbocycles. The Kier molecular flexibility index (Phi) is 6.67. The summed E-state index contributed by atoms with van der Waals surface area (Å²) in [5.74, 6) is -2.05. The average molecular weight is 292 g/mol. The van der Waals surface area contributed by atoms with E-state index in [1.54, 1.807) is 44.2 Å². The van der Waals surface area contributed by atoms with Crippen LogP contribution in [0.25, 0.3) is 5.57 Å². The predicted molar refractivity (Wildman–Crippen MR) is 73.8 cm³/mol. The second-order valence-electron chi connectivity index (χ2n) is 3.73. The topological polar surface area (TPSA) is 78.9 Å². The number of ether oxygens (including phenoxy) is 3. The van der Waals surface area contributed by atoms with E-state index in [2.05, 4.69) is 4.74 Å². The molecule has 0 radical (unpaired) electrons. The molecule has 1 rings (SSSR count). The Morgan fingerprint density at radius 1 is 1.00 bits per heavy atom. The summed E-state index contributed by atoms with van der Waals surface area (Å²) in [7, 11) is 0. The maximum absolute atomic E-state index is 12.0. The molecule has 1 aromatic carbocycles. The van der Waals surface area contributed by atoms with E-state index in [0.717, 1.165) is 0 Å². The number of rotatable bonds is 7. The van der Waals surface area contributed by atoms with Crippen LogP contribution in [0, 0.1) is 0 Å². The normalized spacial score (nSPS) is 11.1. The summed E-state index contributed by atoms with van der Waals surface area (Å²) in [6, 6.07) is 8.30. The Balaban J connectivity index is 3.41. The highest BCUT2D eigenvalue weighted by Crippen LogP contribution is 2.22. The molecule has 1 aromatic rings. The minimum atomic E-state index is -0.979. The zero-order chi connectivity index (χ0) is 15.7. The second-order valence-corrected chi connectivity index (χ2v) is 3.73. The minimum Gasteiger partial charge on any atom is -0.486 e. The van der Waals surface area contributed by atoms with Crippen LogP contribution in [0.3, 0.4) is 0 Å². The van der Waals surface area contributed by atoms with Crippen LogP contribution in [-0.4, -0.2) is 31.6 Å². The summed E-state index contributed by atoms with van der Waals surface area (Å²) < 4.78 is 14.4. The molecule has 112 valence electrons. The lowest BCUT2D eigenvalue weighted by Crippen LogP contribution is -2.18. The maximum Gasteiger partial charge on any atom is 0.374 e. The molecule has 0 unspecified atom stereocenters. The molecule has 6 heteroatoms. The zero-order valence-corrected chi connectivity index (χ0v) is 11.8. The van der Waals surface area contributed by atoms with E-state index in [1.165, 1.54) is 0 Å². The van der Waals surface area contributed by atoms with Gasteiger partial charge in [-0.1, -0.05) is 30.3 Å². The molecular weight excluding hydrogens is 276 g/mol. The van der Waals surface area contributed by atoms with Gasteiger partial charge in [-0.3, -0.25) is 4.79 Å². The second kappa shape index (κ2) is 8.52. The number of carbonyl (C=O) groups is 3. The van der Waals surface area contributed by atoms with Crippen molar-refractivity contribution in [2.24, 2.45) is 0 Å². The molecule has 0 saturated heterocycles. The van der Waals surface area contributed by atoms with Gasteiger partial charge in [-0.15, -0.1) is 0 Å². The van der Waals surface area contributed by atoms with Crippen molar-refractivity contribution in [1.82, 2.24) is 0 Å². The molecule has 0 bridgehead atoms. The fourth-order valence-electron chi connectivity index (χ4n) is 1.62. The fraction of sp³-hybridized carbons (Fsp3) is 0.267. The summed E-state index contributed by atoms with van der Waals surface area (Å²) in [4.78, 5) is 34.3. The van der Waals surface area contributed by atoms with E-state index in [1.807, 2.05) is 0 Å². The molecule has 0 fully saturated rings. The fourth-order valence-corrected chi connectivity index (χ4v) is 1.62. The number of hydrogen-bond acceptors (Lipinski definition) is 6. The lowest BCUT2D eigenvalue weighted by atomic mass is 10.0. The number of benzene rings is 1. The van der Waals surface area contributed by atoms with Crippen molar-refractivity contribution in [3.63, 3.8) is 0 Å². The monoisotopic (exact) mass is 292 g/mol. The summed E-state index contributed by atoms with van der Waals surface area (Å²) in [5.41, 5.74) is 0.240. The molecule has 6 nitrogen and oxygen atoms in total. The van der Waals surface area contributed by atoms with Gasteiger partial charge < -0.3 is 14.2 Å². The molecule has 0 aliphatic heterocycles. The van der Waals surface area contributed by atoms with Gasteiger partial charge in [0.1, 0.15) is 5.57 Å². The third kappa shape index (κ3) is 4.45. The van der Waals surface area contributed by atoms with E-state index in [9.17, 15) is 14.4 Å². The van der Waals surface area contributed by atoms with Crippen LogP contribution in [0.4, 0.5) is 0 Å². The quantitative estimate of drug-likeness (QED) is 0.250. The molecule has 21 heavy (non-hydrogen) atoms. The molecule has 0 heterocycles. The van der Waals surface area contributed by atoms with Crippen molar-refractivity contribution in [2.45, 2.75) is 13.8 Å². The van der Waals surface area contributed by atoms with Crippen LogP contribution in [0.15, 0.2) is 36.1 Å². The molecule has 0 saturated carbocycles. The Bertz CT molecular complexity index is 532. The first-order chi connectivity index (χ1) is 10.2. The summed E-state index contributed by atoms with van der Waals surface area (Å²) in [5, 5.41) is 0. The minimum absolute atomic E-state index is 0.00000685. The molecule has 0 aliphatic rings. The molecule has 0 atom stereocenters. The number of carbonyl (C=O) groups excluding carboxylic acids is 3. The van der Waals surface area contributed by atoms with E-state index in [0.29, 0.717) is 5.56 Å². The lowest BCUT2D eigenvalue weighted by molar-refractivity contribution is -0.148. The average Bonchev–Trinajstić information content (AvgIpc) is 2.48. The van der Waals surface area contributed by atoms with Gasteiger partial charge in [0.15, 0.2) is 0 Å². The van der Waals surface area contributed by atoms with Gasteiger partial charge in [0.25, 0.3) is 0 Å². The highest BCUT2D eigenvalue weighted by molar-refractivity contribution is 6.23. The van der Waals surface area contributed by atoms with Gasteiger partial charge in [-0.05, 0) is 19.4 Å². The lowest BCUT2D eigenvalue weighted by Gasteiger charge is -2.13. The predicted octanol–water partition coefficient (Wildman–Crippen LogP) is 1.70. The van der Waals surface area contributed by atoms with Crippen LogP contribution in [0.1, 0.15) is 19.4 Å². The van der Waals surface area contributed by atoms with Crippen molar-refractivity contribution in [3.8, 4) is 0 Å². The van der Waals surface area contributed by atoms with E-state index >= 15 is 0 Å². The van der Waals surface area contributed by atoms with Crippen LogP contribution in [0.5, 0.6) is 0 Å². The van der Waals surface area contributed by atoms with Crippen molar-refractivity contribution in [1.29, 1.82) is 0 Å². The third-order valence-corrected chi connectivity index (χ3v) is 2.40. The van der Waals surface area contributed by atoms with Crippen molar-refractivity contribution in [3.05, 3.63) is 41.7 Å². The van der Waals surface area contributed by atoms with Crippen LogP contribution in [-0.2, 0) is 28.6 Å². The first kappa shape index (κ1) is 16.4.